The van der Waals surface area contributed by atoms with Crippen molar-refractivity contribution in [2.24, 2.45) is 4.99 Å². The number of ether oxygens (including phenoxy) is 4. The molecule has 1 unspecified atom stereocenters. The summed E-state index contributed by atoms with van der Waals surface area (Å²) < 4.78 is 68.8. The number of rotatable bonds is 7. The Kier molecular flexibility index (Phi) is 7.22. The number of anilines is 1. The fraction of sp³-hybridized carbons (Fsp3) is 0.276. The summed E-state index contributed by atoms with van der Waals surface area (Å²) in [6.07, 6.45) is -4.52. The van der Waals surface area contributed by atoms with E-state index in [-0.39, 0.29) is 34.3 Å². The van der Waals surface area contributed by atoms with Crippen LogP contribution in [0, 0.1) is 0 Å². The van der Waals surface area contributed by atoms with Crippen molar-refractivity contribution in [1.29, 1.82) is 0 Å². The number of alkyl halides is 3. The van der Waals surface area contributed by atoms with E-state index in [0.29, 0.717) is 16.2 Å². The maximum atomic E-state index is 15.8. The molecule has 2 heterocycles. The zero-order valence-corrected chi connectivity index (χ0v) is 23.6. The maximum absolute atomic E-state index is 15.8. The first-order chi connectivity index (χ1) is 20.0. The first-order valence-corrected chi connectivity index (χ1v) is 12.8. The molecule has 5 rings (SSSR count). The number of methoxy groups -OCH3 is 4. The van der Waals surface area contributed by atoms with Crippen LogP contribution in [-0.4, -0.2) is 57.9 Å². The lowest BCUT2D eigenvalue weighted by atomic mass is 9.66. The second-order valence-electron chi connectivity index (χ2n) is 9.43. The summed E-state index contributed by atoms with van der Waals surface area (Å²) >= 11 is 6.30. The Morgan fingerprint density at radius 2 is 1.60 bits per heavy atom. The molecule has 0 saturated carbocycles. The predicted molar refractivity (Wildman–Crippen MR) is 147 cm³/mol. The van der Waals surface area contributed by atoms with Crippen molar-refractivity contribution < 1.29 is 41.7 Å². The number of amides is 2. The second-order valence-corrected chi connectivity index (χ2v) is 9.87. The van der Waals surface area contributed by atoms with Gasteiger partial charge in [0.1, 0.15) is 17.2 Å². The number of carbonyl (C=O) groups excluding carboxylic acids is 2. The van der Waals surface area contributed by atoms with E-state index in [0.717, 1.165) is 24.4 Å². The van der Waals surface area contributed by atoms with Gasteiger partial charge in [0.05, 0.1) is 52.6 Å². The molecule has 220 valence electrons. The first-order valence-electron chi connectivity index (χ1n) is 12.5. The minimum atomic E-state index is -5.26. The van der Waals surface area contributed by atoms with E-state index in [9.17, 15) is 9.59 Å². The Hall–Kier alpha value is -4.45. The van der Waals surface area contributed by atoms with Gasteiger partial charge in [0.15, 0.2) is 0 Å². The summed E-state index contributed by atoms with van der Waals surface area (Å²) in [5.41, 5.74) is -6.49. The number of hydrogen-bond donors (Lipinski definition) is 0. The zero-order valence-electron chi connectivity index (χ0n) is 22.9. The van der Waals surface area contributed by atoms with Crippen molar-refractivity contribution in [1.82, 2.24) is 4.90 Å². The number of esters is 1. The van der Waals surface area contributed by atoms with Crippen LogP contribution in [0.5, 0.6) is 17.2 Å². The average molecular weight is 604 g/mol. The lowest BCUT2D eigenvalue weighted by Gasteiger charge is -2.52. The Morgan fingerprint density at radius 3 is 2.14 bits per heavy atom. The topological polar surface area (TPSA) is 89.9 Å². The maximum Gasteiger partial charge on any atom is 0.419 e. The molecule has 13 heteroatoms. The van der Waals surface area contributed by atoms with Gasteiger partial charge in [-0.05, 0) is 23.8 Å². The number of aliphatic imine (C=N–C) groups is 1. The Bertz CT molecular complexity index is 1560. The van der Waals surface area contributed by atoms with Crippen molar-refractivity contribution in [2.75, 3.05) is 33.3 Å². The van der Waals surface area contributed by atoms with Crippen LogP contribution in [-0.2, 0) is 27.2 Å². The molecule has 3 aromatic carbocycles. The summed E-state index contributed by atoms with van der Waals surface area (Å²) in [7, 11) is 5.21. The molecule has 2 atom stereocenters. The molecule has 2 aliphatic rings. The molecule has 0 radical (unpaired) electrons. The van der Waals surface area contributed by atoms with Gasteiger partial charge in [-0.15, -0.1) is 0 Å². The van der Waals surface area contributed by atoms with E-state index in [1.165, 1.54) is 57.7 Å². The monoisotopic (exact) mass is 603 g/mol. The van der Waals surface area contributed by atoms with Crippen molar-refractivity contribution >= 4 is 35.6 Å². The molecular weight excluding hydrogens is 579 g/mol. The molecule has 0 aliphatic carbocycles. The first kappa shape index (κ1) is 29.1. The minimum Gasteiger partial charge on any atom is -0.496 e. The quantitative estimate of drug-likeness (QED) is 0.323. The van der Waals surface area contributed by atoms with Gasteiger partial charge in [-0.3, -0.25) is 9.80 Å². The highest BCUT2D eigenvalue weighted by Gasteiger charge is 2.80. The summed E-state index contributed by atoms with van der Waals surface area (Å²) in [5, 5.41) is -0.0510. The van der Waals surface area contributed by atoms with Gasteiger partial charge in [0.2, 0.25) is 11.1 Å². The van der Waals surface area contributed by atoms with Crippen LogP contribution in [0.2, 0.25) is 5.02 Å². The number of hydrogen-bond acceptors (Lipinski definition) is 7. The van der Waals surface area contributed by atoms with Crippen LogP contribution in [0.4, 0.5) is 23.7 Å². The van der Waals surface area contributed by atoms with Crippen molar-refractivity contribution in [2.45, 2.75) is 23.8 Å². The number of fused-ring (bicyclic) bond motifs is 3. The predicted octanol–water partition coefficient (Wildman–Crippen LogP) is 5.68. The molecule has 0 N–H and O–H groups in total. The van der Waals surface area contributed by atoms with Gasteiger partial charge < -0.3 is 18.9 Å². The van der Waals surface area contributed by atoms with Gasteiger partial charge in [-0.2, -0.15) is 13.2 Å². The minimum absolute atomic E-state index is 0.0510. The van der Waals surface area contributed by atoms with E-state index in [4.69, 9.17) is 30.5 Å². The number of halogens is 4. The summed E-state index contributed by atoms with van der Waals surface area (Å²) in [4.78, 5) is 33.5. The van der Waals surface area contributed by atoms with Gasteiger partial charge in [0.25, 0.3) is 0 Å². The third-order valence-corrected chi connectivity index (χ3v) is 7.78. The molecule has 2 amide bonds. The third kappa shape index (κ3) is 3.88. The average Bonchev–Trinajstić information content (AvgIpc) is 3.38. The zero-order chi connectivity index (χ0) is 30.4. The molecule has 9 nitrogen and oxygen atoms in total. The highest BCUT2D eigenvalue weighted by atomic mass is 35.5. The Labute approximate surface area is 244 Å². The van der Waals surface area contributed by atoms with E-state index in [1.54, 1.807) is 18.2 Å². The molecule has 0 spiro atoms. The number of urea groups is 1. The van der Waals surface area contributed by atoms with Gasteiger partial charge >= 0.3 is 18.2 Å². The SMILES string of the molecule is COC(=O)[C@]1(c2ccccc2)N=CN2C(=O)N(Cc3c(OC)cc(OC)cc3OC)c3ccc(Cl)cc3C21C(F)(F)F. The van der Waals surface area contributed by atoms with E-state index < -0.39 is 34.8 Å². The third-order valence-electron chi connectivity index (χ3n) is 7.54. The summed E-state index contributed by atoms with van der Waals surface area (Å²) in [5.74, 6) is -0.371. The number of benzene rings is 3. The number of carbonyl (C=O) groups is 2. The van der Waals surface area contributed by atoms with Gasteiger partial charge in [0, 0.05) is 22.7 Å². The standard InChI is InChI=1S/C29H25ClF3N3O6/c1-39-19-13-23(40-2)20(24(14-19)41-3)15-35-22-11-10-18(30)12-21(22)28(29(31,32)33)27(25(37)42-4,17-8-6-5-7-9-17)34-16-36(28)26(35)38/h5-14,16H,15H2,1-4H3/t27-,28?/m0/s1. The van der Waals surface area contributed by atoms with Gasteiger partial charge in [-0.25, -0.2) is 14.6 Å². The van der Waals surface area contributed by atoms with Crippen LogP contribution < -0.4 is 19.1 Å². The number of nitrogens with zero attached hydrogens (tertiary/aromatic N) is 3. The lowest BCUT2D eigenvalue weighted by Crippen LogP contribution is -2.70. The molecule has 0 fully saturated rings. The molecule has 2 aliphatic heterocycles. The van der Waals surface area contributed by atoms with Crippen LogP contribution >= 0.6 is 11.6 Å². The van der Waals surface area contributed by atoms with Crippen LogP contribution in [0.15, 0.2) is 65.7 Å². The highest BCUT2D eigenvalue weighted by molar-refractivity contribution is 6.31. The van der Waals surface area contributed by atoms with E-state index in [1.807, 2.05) is 0 Å². The van der Waals surface area contributed by atoms with Crippen LogP contribution in [0.3, 0.4) is 0 Å². The smallest absolute Gasteiger partial charge is 0.419 e. The molecule has 42 heavy (non-hydrogen) atoms. The van der Waals surface area contributed by atoms with E-state index >= 15 is 13.2 Å². The van der Waals surface area contributed by atoms with Crippen molar-refractivity contribution in [3.63, 3.8) is 0 Å². The lowest BCUT2D eigenvalue weighted by molar-refractivity contribution is -0.239. The Balaban J connectivity index is 1.83. The molecule has 0 aromatic heterocycles. The molecule has 0 bridgehead atoms. The Morgan fingerprint density at radius 1 is 0.952 bits per heavy atom. The van der Waals surface area contributed by atoms with Crippen LogP contribution in [0.25, 0.3) is 0 Å². The molecular formula is C29H25ClF3N3O6. The van der Waals surface area contributed by atoms with Crippen molar-refractivity contribution in [3.8, 4) is 17.2 Å². The molecule has 3 aromatic rings. The summed E-state index contributed by atoms with van der Waals surface area (Å²) in [6, 6.07) is 13.0. The normalized spacial score (nSPS) is 21.1. The second kappa shape index (κ2) is 10.4. The van der Waals surface area contributed by atoms with E-state index in [2.05, 4.69) is 4.99 Å². The molecule has 0 saturated heterocycles. The largest absolute Gasteiger partial charge is 0.496 e. The highest BCUT2D eigenvalue weighted by Crippen LogP contribution is 2.63. The van der Waals surface area contributed by atoms with Crippen molar-refractivity contribution in [3.05, 3.63) is 82.4 Å². The van der Waals surface area contributed by atoms with Gasteiger partial charge in [-0.1, -0.05) is 41.9 Å². The summed E-state index contributed by atoms with van der Waals surface area (Å²) in [6.45, 7) is -0.279. The fourth-order valence-corrected chi connectivity index (χ4v) is 5.92. The fourth-order valence-electron chi connectivity index (χ4n) is 5.75. The van der Waals surface area contributed by atoms with Crippen LogP contribution in [0.1, 0.15) is 16.7 Å².